The van der Waals surface area contributed by atoms with E-state index in [0.717, 1.165) is 5.56 Å². The van der Waals surface area contributed by atoms with Crippen LogP contribution in [0.2, 0.25) is 0 Å². The third kappa shape index (κ3) is 4.79. The van der Waals surface area contributed by atoms with Crippen LogP contribution < -0.4 is 9.64 Å². The van der Waals surface area contributed by atoms with Crippen molar-refractivity contribution >= 4 is 23.4 Å². The van der Waals surface area contributed by atoms with Gasteiger partial charge in [-0.15, -0.1) is 0 Å². The van der Waals surface area contributed by atoms with Crippen LogP contribution in [0.25, 0.3) is 0 Å². The third-order valence-corrected chi connectivity index (χ3v) is 5.82. The molecule has 2 aromatic carbocycles. The number of ether oxygens (including phenoxy) is 1. The number of rotatable bonds is 8. The van der Waals surface area contributed by atoms with Gasteiger partial charge in [-0.3, -0.25) is 14.4 Å². The molecule has 0 spiro atoms. The number of imide groups is 1. The third-order valence-electron chi connectivity index (χ3n) is 5.82. The maximum absolute atomic E-state index is 13.4. The molecule has 0 aliphatic carbocycles. The fourth-order valence-electron chi connectivity index (χ4n) is 3.91. The Balaban J connectivity index is 1.88. The van der Waals surface area contributed by atoms with Crippen LogP contribution in [-0.2, 0) is 20.8 Å². The minimum atomic E-state index is -0.815. The molecule has 1 aliphatic heterocycles. The van der Waals surface area contributed by atoms with E-state index in [1.54, 1.807) is 29.2 Å². The molecule has 1 aliphatic rings. The van der Waals surface area contributed by atoms with Crippen molar-refractivity contribution in [2.24, 2.45) is 0 Å². The van der Waals surface area contributed by atoms with Crippen LogP contribution in [0.15, 0.2) is 54.6 Å². The first kappa shape index (κ1) is 22.5. The maximum atomic E-state index is 13.4. The molecule has 2 aromatic rings. The van der Waals surface area contributed by atoms with Crippen molar-refractivity contribution in [2.75, 3.05) is 11.5 Å². The smallest absolute Gasteiger partial charge is 0.257 e. The lowest BCUT2D eigenvalue weighted by molar-refractivity contribution is -0.144. The molecule has 1 saturated heterocycles. The van der Waals surface area contributed by atoms with Gasteiger partial charge in [-0.1, -0.05) is 37.3 Å². The zero-order chi connectivity index (χ0) is 22.6. The predicted molar refractivity (Wildman–Crippen MR) is 120 cm³/mol. The highest BCUT2D eigenvalue weighted by molar-refractivity contribution is 6.23. The van der Waals surface area contributed by atoms with Gasteiger partial charge in [0.1, 0.15) is 11.8 Å². The number of nitrogens with zero attached hydrogens (tertiary/aromatic N) is 2. The topological polar surface area (TPSA) is 66.9 Å². The van der Waals surface area contributed by atoms with Crippen LogP contribution >= 0.6 is 0 Å². The van der Waals surface area contributed by atoms with Crippen LogP contribution in [0.3, 0.4) is 0 Å². The van der Waals surface area contributed by atoms with E-state index in [1.165, 1.54) is 4.90 Å². The monoisotopic (exact) mass is 422 g/mol. The normalized spacial score (nSPS) is 16.5. The first-order chi connectivity index (χ1) is 14.8. The standard InChI is InChI=1S/C25H30N2O4/c1-5-25(3,4)27(23(29)16-18-10-8-7-9-11-18)21-17-22(28)26(24(21)30)19-12-14-20(15-13-19)31-6-2/h7-15,21H,5-6,16-17H2,1-4H3. The summed E-state index contributed by atoms with van der Waals surface area (Å²) in [4.78, 5) is 42.4. The largest absolute Gasteiger partial charge is 0.494 e. The maximum Gasteiger partial charge on any atom is 0.257 e. The molecule has 0 bridgehead atoms. The zero-order valence-electron chi connectivity index (χ0n) is 18.6. The van der Waals surface area contributed by atoms with Crippen molar-refractivity contribution in [3.8, 4) is 5.75 Å². The van der Waals surface area contributed by atoms with Crippen molar-refractivity contribution in [3.63, 3.8) is 0 Å². The summed E-state index contributed by atoms with van der Waals surface area (Å²) in [6.07, 6.45) is 0.829. The Morgan fingerprint density at radius 2 is 1.71 bits per heavy atom. The SMILES string of the molecule is CCOc1ccc(N2C(=O)CC(N(C(=O)Cc3ccccc3)C(C)(C)CC)C2=O)cc1. The Morgan fingerprint density at radius 1 is 1.06 bits per heavy atom. The Bertz CT molecular complexity index is 938. The highest BCUT2D eigenvalue weighted by Gasteiger charge is 2.48. The molecule has 1 fully saturated rings. The van der Waals surface area contributed by atoms with Gasteiger partial charge >= 0.3 is 0 Å². The quantitative estimate of drug-likeness (QED) is 0.604. The average molecular weight is 423 g/mol. The van der Waals surface area contributed by atoms with Gasteiger partial charge in [0.2, 0.25) is 11.8 Å². The van der Waals surface area contributed by atoms with E-state index in [2.05, 4.69) is 0 Å². The molecule has 6 nitrogen and oxygen atoms in total. The molecule has 164 valence electrons. The highest BCUT2D eigenvalue weighted by Crippen LogP contribution is 2.32. The second-order valence-corrected chi connectivity index (χ2v) is 8.31. The minimum absolute atomic E-state index is 0.0179. The van der Waals surface area contributed by atoms with Crippen molar-refractivity contribution in [3.05, 3.63) is 60.2 Å². The highest BCUT2D eigenvalue weighted by atomic mass is 16.5. The first-order valence-corrected chi connectivity index (χ1v) is 10.7. The van der Waals surface area contributed by atoms with Gasteiger partial charge in [0, 0.05) is 5.54 Å². The van der Waals surface area contributed by atoms with Crippen molar-refractivity contribution < 1.29 is 19.1 Å². The van der Waals surface area contributed by atoms with E-state index in [9.17, 15) is 14.4 Å². The summed E-state index contributed by atoms with van der Waals surface area (Å²) < 4.78 is 5.44. The Hall–Kier alpha value is -3.15. The molecule has 3 amide bonds. The summed E-state index contributed by atoms with van der Waals surface area (Å²) in [5, 5.41) is 0. The summed E-state index contributed by atoms with van der Waals surface area (Å²) in [7, 11) is 0. The van der Waals surface area contributed by atoms with Gasteiger partial charge in [-0.25, -0.2) is 4.90 Å². The molecule has 3 rings (SSSR count). The second-order valence-electron chi connectivity index (χ2n) is 8.31. The van der Waals surface area contributed by atoms with Gasteiger partial charge in [0.05, 0.1) is 25.1 Å². The van der Waals surface area contributed by atoms with Gasteiger partial charge in [0.15, 0.2) is 0 Å². The van der Waals surface area contributed by atoms with Crippen LogP contribution in [0.4, 0.5) is 5.69 Å². The molecule has 0 saturated carbocycles. The number of hydrogen-bond acceptors (Lipinski definition) is 4. The van der Waals surface area contributed by atoms with E-state index < -0.39 is 11.6 Å². The number of amides is 3. The molecule has 0 radical (unpaired) electrons. The predicted octanol–water partition coefficient (Wildman–Crippen LogP) is 3.98. The summed E-state index contributed by atoms with van der Waals surface area (Å²) in [6, 6.07) is 15.5. The van der Waals surface area contributed by atoms with Gasteiger partial charge in [-0.2, -0.15) is 0 Å². The molecule has 1 unspecified atom stereocenters. The molecular weight excluding hydrogens is 392 g/mol. The molecule has 0 aromatic heterocycles. The summed E-state index contributed by atoms with van der Waals surface area (Å²) in [5.74, 6) is -0.146. The molecular formula is C25H30N2O4. The molecule has 1 atom stereocenters. The van der Waals surface area contributed by atoms with Crippen LogP contribution in [0.1, 0.15) is 46.1 Å². The van der Waals surface area contributed by atoms with Crippen LogP contribution in [0, 0.1) is 0 Å². The van der Waals surface area contributed by atoms with Gasteiger partial charge < -0.3 is 9.64 Å². The lowest BCUT2D eigenvalue weighted by atomic mass is 9.94. The summed E-state index contributed by atoms with van der Waals surface area (Å²) in [5.41, 5.74) is 0.802. The van der Waals surface area contributed by atoms with E-state index in [0.29, 0.717) is 24.5 Å². The van der Waals surface area contributed by atoms with Crippen LogP contribution in [0.5, 0.6) is 5.75 Å². The number of anilines is 1. The van der Waals surface area contributed by atoms with E-state index in [1.807, 2.05) is 58.0 Å². The van der Waals surface area contributed by atoms with Gasteiger partial charge in [0.25, 0.3) is 5.91 Å². The van der Waals surface area contributed by atoms with Crippen molar-refractivity contribution in [1.82, 2.24) is 4.90 Å². The fourth-order valence-corrected chi connectivity index (χ4v) is 3.91. The van der Waals surface area contributed by atoms with Crippen molar-refractivity contribution in [1.29, 1.82) is 0 Å². The molecule has 31 heavy (non-hydrogen) atoms. The Kier molecular flexibility index (Phi) is 6.78. The minimum Gasteiger partial charge on any atom is -0.494 e. The first-order valence-electron chi connectivity index (χ1n) is 10.7. The summed E-state index contributed by atoms with van der Waals surface area (Å²) in [6.45, 7) is 8.28. The fraction of sp³-hybridized carbons (Fsp3) is 0.400. The Morgan fingerprint density at radius 3 is 2.29 bits per heavy atom. The number of hydrogen-bond donors (Lipinski definition) is 0. The average Bonchev–Trinajstić information content (AvgIpc) is 3.03. The molecule has 6 heteroatoms. The van der Waals surface area contributed by atoms with Crippen molar-refractivity contribution in [2.45, 2.75) is 58.5 Å². The molecule has 0 N–H and O–H groups in total. The number of carbonyl (C=O) groups is 3. The van der Waals surface area contributed by atoms with E-state index >= 15 is 0 Å². The summed E-state index contributed by atoms with van der Waals surface area (Å²) >= 11 is 0. The zero-order valence-corrected chi connectivity index (χ0v) is 18.6. The van der Waals surface area contributed by atoms with E-state index in [4.69, 9.17) is 4.74 Å². The number of carbonyl (C=O) groups excluding carboxylic acids is 3. The lowest BCUT2D eigenvalue weighted by Crippen LogP contribution is -2.56. The lowest BCUT2D eigenvalue weighted by Gasteiger charge is -2.41. The molecule has 1 heterocycles. The van der Waals surface area contributed by atoms with E-state index in [-0.39, 0.29) is 30.6 Å². The van der Waals surface area contributed by atoms with Gasteiger partial charge in [-0.05, 0) is 57.0 Å². The van der Waals surface area contributed by atoms with Crippen LogP contribution in [-0.4, -0.2) is 40.8 Å². The Labute approximate surface area is 183 Å². The number of benzene rings is 2. The second kappa shape index (κ2) is 9.33.